The van der Waals surface area contributed by atoms with E-state index in [1.54, 1.807) is 13.1 Å². The van der Waals surface area contributed by atoms with Crippen LogP contribution in [0.2, 0.25) is 0 Å². The van der Waals surface area contributed by atoms with Crippen LogP contribution in [0.1, 0.15) is 12.5 Å². The van der Waals surface area contributed by atoms with E-state index in [9.17, 15) is 4.79 Å². The van der Waals surface area contributed by atoms with Crippen molar-refractivity contribution < 1.29 is 4.79 Å². The minimum Gasteiger partial charge on any atom is -0.367 e. The van der Waals surface area contributed by atoms with Crippen molar-refractivity contribution in [3.63, 3.8) is 0 Å². The Morgan fingerprint density at radius 2 is 1.81 bits per heavy atom. The molecule has 1 aliphatic rings. The molecule has 5 heterocycles. The summed E-state index contributed by atoms with van der Waals surface area (Å²) in [4.78, 5) is 33.6. The Morgan fingerprint density at radius 3 is 2.56 bits per heavy atom. The van der Waals surface area contributed by atoms with Gasteiger partial charge in [-0.2, -0.15) is 0 Å². The van der Waals surface area contributed by atoms with Gasteiger partial charge in [-0.15, -0.1) is 0 Å². The van der Waals surface area contributed by atoms with Gasteiger partial charge in [0.15, 0.2) is 0 Å². The van der Waals surface area contributed by atoms with Gasteiger partial charge < -0.3 is 15.1 Å². The first-order chi connectivity index (χ1) is 15.6. The quantitative estimate of drug-likeness (QED) is 0.534. The average molecular weight is 429 g/mol. The third-order valence-corrected chi connectivity index (χ3v) is 5.65. The summed E-state index contributed by atoms with van der Waals surface area (Å²) in [6.07, 6.45) is 7.43. The molecule has 1 fully saturated rings. The van der Waals surface area contributed by atoms with E-state index in [4.69, 9.17) is 0 Å². The highest BCUT2D eigenvalue weighted by molar-refractivity contribution is 5.73. The second-order valence-corrected chi connectivity index (χ2v) is 7.86. The van der Waals surface area contributed by atoms with Gasteiger partial charge in [0.05, 0.1) is 29.5 Å². The smallest absolute Gasteiger partial charge is 0.228 e. The van der Waals surface area contributed by atoms with E-state index in [-0.39, 0.29) is 5.91 Å². The van der Waals surface area contributed by atoms with Crippen LogP contribution in [0, 0.1) is 6.92 Å². The Balaban J connectivity index is 1.31. The highest BCUT2D eigenvalue weighted by Crippen LogP contribution is 2.22. The van der Waals surface area contributed by atoms with Gasteiger partial charge in [0.25, 0.3) is 0 Å². The lowest BCUT2D eigenvalue weighted by molar-refractivity contribution is -0.129. The largest absolute Gasteiger partial charge is 0.367 e. The van der Waals surface area contributed by atoms with Crippen molar-refractivity contribution in [2.24, 2.45) is 0 Å². The number of nitrogens with zero attached hydrogens (tertiary/aromatic N) is 7. The van der Waals surface area contributed by atoms with Crippen LogP contribution in [0.15, 0.2) is 55.1 Å². The number of aryl methyl sites for hydroxylation is 1. The average Bonchev–Trinajstić information content (AvgIpc) is 3.23. The number of hydrogen-bond acceptors (Lipinski definition) is 7. The van der Waals surface area contributed by atoms with Crippen molar-refractivity contribution in [1.29, 1.82) is 0 Å². The van der Waals surface area contributed by atoms with Gasteiger partial charge in [0.2, 0.25) is 11.9 Å². The molecular weight excluding hydrogens is 404 g/mol. The number of amides is 1. The van der Waals surface area contributed by atoms with E-state index in [1.807, 2.05) is 58.2 Å². The van der Waals surface area contributed by atoms with Crippen LogP contribution < -0.4 is 10.2 Å². The molecule has 9 heteroatoms. The molecule has 5 rings (SSSR count). The Bertz CT molecular complexity index is 1260. The van der Waals surface area contributed by atoms with E-state index in [0.717, 1.165) is 54.5 Å². The molecule has 1 saturated heterocycles. The first kappa shape index (κ1) is 19.9. The van der Waals surface area contributed by atoms with Crippen LogP contribution in [0.3, 0.4) is 0 Å². The molecule has 9 nitrogen and oxygen atoms in total. The van der Waals surface area contributed by atoms with Gasteiger partial charge in [0.1, 0.15) is 11.5 Å². The van der Waals surface area contributed by atoms with Crippen LogP contribution in [0.5, 0.6) is 0 Å². The van der Waals surface area contributed by atoms with Gasteiger partial charge in [-0.25, -0.2) is 19.9 Å². The number of anilines is 3. The molecule has 0 spiro atoms. The lowest BCUT2D eigenvalue weighted by Gasteiger charge is -2.35. The summed E-state index contributed by atoms with van der Waals surface area (Å²) in [7, 11) is 0. The number of carbonyl (C=O) groups is 1. The van der Waals surface area contributed by atoms with E-state index in [1.165, 1.54) is 0 Å². The highest BCUT2D eigenvalue weighted by atomic mass is 16.2. The molecule has 1 N–H and O–H groups in total. The van der Waals surface area contributed by atoms with E-state index in [0.29, 0.717) is 11.8 Å². The molecule has 1 aliphatic heterocycles. The second kappa shape index (κ2) is 8.26. The third kappa shape index (κ3) is 3.96. The molecule has 0 atom stereocenters. The minimum absolute atomic E-state index is 0.128. The summed E-state index contributed by atoms with van der Waals surface area (Å²) in [5, 5.41) is 3.18. The Kier molecular flexibility index (Phi) is 5.14. The van der Waals surface area contributed by atoms with Crippen LogP contribution in [0.25, 0.3) is 17.0 Å². The van der Waals surface area contributed by atoms with Crippen molar-refractivity contribution >= 4 is 29.0 Å². The molecule has 0 bridgehead atoms. The molecule has 1 amide bonds. The molecule has 0 aliphatic carbocycles. The molecular formula is C23H24N8O. The van der Waals surface area contributed by atoms with Crippen LogP contribution >= 0.6 is 0 Å². The van der Waals surface area contributed by atoms with Gasteiger partial charge in [0, 0.05) is 45.5 Å². The van der Waals surface area contributed by atoms with Crippen molar-refractivity contribution in [2.45, 2.75) is 13.8 Å². The van der Waals surface area contributed by atoms with E-state index in [2.05, 4.69) is 37.1 Å². The van der Waals surface area contributed by atoms with Gasteiger partial charge in [-0.3, -0.25) is 9.20 Å². The zero-order valence-corrected chi connectivity index (χ0v) is 18.1. The Morgan fingerprint density at radius 1 is 0.969 bits per heavy atom. The zero-order chi connectivity index (χ0) is 22.1. The number of aromatic nitrogens is 5. The Labute approximate surface area is 185 Å². The molecule has 4 aromatic heterocycles. The lowest BCUT2D eigenvalue weighted by atomic mass is 10.2. The summed E-state index contributed by atoms with van der Waals surface area (Å²) in [5.41, 5.74) is 4.74. The topological polar surface area (TPSA) is 91.6 Å². The van der Waals surface area contributed by atoms with Gasteiger partial charge >= 0.3 is 0 Å². The molecule has 0 unspecified atom stereocenters. The van der Waals surface area contributed by atoms with E-state index >= 15 is 0 Å². The highest BCUT2D eigenvalue weighted by Gasteiger charge is 2.19. The summed E-state index contributed by atoms with van der Waals surface area (Å²) >= 11 is 0. The normalized spacial score (nSPS) is 14.1. The second-order valence-electron chi connectivity index (χ2n) is 7.86. The maximum Gasteiger partial charge on any atom is 0.228 e. The van der Waals surface area contributed by atoms with Gasteiger partial charge in [-0.1, -0.05) is 6.07 Å². The van der Waals surface area contributed by atoms with Crippen molar-refractivity contribution in [2.75, 3.05) is 36.4 Å². The van der Waals surface area contributed by atoms with Gasteiger partial charge in [-0.05, 0) is 36.8 Å². The molecule has 162 valence electrons. The van der Waals surface area contributed by atoms with Crippen molar-refractivity contribution in [3.05, 3.63) is 60.7 Å². The summed E-state index contributed by atoms with van der Waals surface area (Å²) in [5.74, 6) is 1.27. The molecule has 0 saturated carbocycles. The number of piperazine rings is 1. The molecule has 4 aromatic rings. The summed E-state index contributed by atoms with van der Waals surface area (Å²) in [6.45, 7) is 6.74. The number of carbonyl (C=O) groups excluding carboxylic acids is 1. The van der Waals surface area contributed by atoms with Crippen LogP contribution in [-0.2, 0) is 4.79 Å². The third-order valence-electron chi connectivity index (χ3n) is 5.65. The van der Waals surface area contributed by atoms with Crippen LogP contribution in [-0.4, -0.2) is 61.3 Å². The fraction of sp³-hybridized carbons (Fsp3) is 0.261. The Hall–Kier alpha value is -4.01. The number of rotatable bonds is 4. The number of pyridine rings is 2. The zero-order valence-electron chi connectivity index (χ0n) is 18.1. The lowest BCUT2D eigenvalue weighted by Crippen LogP contribution is -2.48. The molecule has 32 heavy (non-hydrogen) atoms. The maximum atomic E-state index is 11.5. The monoisotopic (exact) mass is 428 g/mol. The summed E-state index contributed by atoms with van der Waals surface area (Å²) < 4.78 is 2.03. The fourth-order valence-corrected chi connectivity index (χ4v) is 3.88. The summed E-state index contributed by atoms with van der Waals surface area (Å²) in [6, 6.07) is 9.84. The SMILES string of the molecule is CC(=O)N1CCN(c2ccc(Nc3nccc(-c4cnc5ccc(C)cn45)n3)nc2)CC1. The number of nitrogens with one attached hydrogen (secondary N) is 1. The van der Waals surface area contributed by atoms with E-state index < -0.39 is 0 Å². The van der Waals surface area contributed by atoms with Crippen LogP contribution in [0.4, 0.5) is 17.5 Å². The first-order valence-corrected chi connectivity index (χ1v) is 10.6. The fourth-order valence-electron chi connectivity index (χ4n) is 3.88. The van der Waals surface area contributed by atoms with Crippen molar-refractivity contribution in [3.8, 4) is 11.4 Å². The maximum absolute atomic E-state index is 11.5. The first-order valence-electron chi connectivity index (χ1n) is 10.6. The minimum atomic E-state index is 0.128. The number of fused-ring (bicyclic) bond motifs is 1. The van der Waals surface area contributed by atoms with Crippen molar-refractivity contribution in [1.82, 2.24) is 29.2 Å². The molecule has 0 aromatic carbocycles. The number of hydrogen-bond donors (Lipinski definition) is 1. The predicted molar refractivity (Wildman–Crippen MR) is 123 cm³/mol. The number of imidazole rings is 1. The molecule has 0 radical (unpaired) electrons. The predicted octanol–water partition coefficient (Wildman–Crippen LogP) is 2.91. The standard InChI is InChI=1S/C23H24N8O/c1-16-3-6-22-26-14-20(31(22)15-16)19-7-8-24-23(27-19)28-21-5-4-18(13-25-21)30-11-9-29(10-12-30)17(2)32/h3-8,13-15H,9-12H2,1-2H3,(H,24,25,27,28).